The van der Waals surface area contributed by atoms with Crippen LogP contribution < -0.4 is 5.32 Å². The lowest BCUT2D eigenvalue weighted by molar-refractivity contribution is -0.146. The summed E-state index contributed by atoms with van der Waals surface area (Å²) in [6.07, 6.45) is 7.00. The SMILES string of the molecule is CC(C)OC(=O)c1c(NC(=O)[C@@H]2[C@@H](C(=O)O)[C@H]3C=C[C@H]2C3)sc2c1CC[C@H](C)C2. The van der Waals surface area contributed by atoms with E-state index in [9.17, 15) is 19.5 Å². The molecule has 3 aliphatic carbocycles. The van der Waals surface area contributed by atoms with Crippen LogP contribution in [-0.2, 0) is 27.2 Å². The number of aliphatic carboxylic acids is 1. The average Bonchev–Trinajstić information content (AvgIpc) is 3.32. The summed E-state index contributed by atoms with van der Waals surface area (Å²) in [5, 5.41) is 13.1. The molecule has 1 saturated carbocycles. The van der Waals surface area contributed by atoms with Crippen LogP contribution >= 0.6 is 11.3 Å². The van der Waals surface area contributed by atoms with Crippen LogP contribution in [0.5, 0.6) is 0 Å². The summed E-state index contributed by atoms with van der Waals surface area (Å²) >= 11 is 1.44. The molecular formula is C22H27NO5S. The topological polar surface area (TPSA) is 92.7 Å². The molecule has 0 radical (unpaired) electrons. The predicted octanol–water partition coefficient (Wildman–Crippen LogP) is 3.90. The number of nitrogens with one attached hydrogen (secondary N) is 1. The van der Waals surface area contributed by atoms with Crippen LogP contribution in [-0.4, -0.2) is 29.1 Å². The Labute approximate surface area is 174 Å². The van der Waals surface area contributed by atoms with E-state index in [-0.39, 0.29) is 23.8 Å². The van der Waals surface area contributed by atoms with Gasteiger partial charge < -0.3 is 15.2 Å². The van der Waals surface area contributed by atoms with Crippen molar-refractivity contribution in [1.82, 2.24) is 0 Å². The molecule has 2 bridgehead atoms. The number of carbonyl (C=O) groups excluding carboxylic acids is 2. The third-order valence-electron chi connectivity index (χ3n) is 6.34. The van der Waals surface area contributed by atoms with Crippen molar-refractivity contribution in [3.05, 3.63) is 28.2 Å². The first-order valence-electron chi connectivity index (χ1n) is 10.3. The van der Waals surface area contributed by atoms with Crippen LogP contribution in [0, 0.1) is 29.6 Å². The molecule has 2 N–H and O–H groups in total. The van der Waals surface area contributed by atoms with Crippen molar-refractivity contribution in [2.45, 2.75) is 52.6 Å². The molecule has 0 saturated heterocycles. The van der Waals surface area contributed by atoms with Gasteiger partial charge in [0.2, 0.25) is 5.91 Å². The normalized spacial score (nSPS) is 29.7. The van der Waals surface area contributed by atoms with E-state index in [4.69, 9.17) is 4.74 Å². The Hall–Kier alpha value is -2.15. The summed E-state index contributed by atoms with van der Waals surface area (Å²) < 4.78 is 5.46. The third-order valence-corrected chi connectivity index (χ3v) is 7.51. The molecule has 1 amide bonds. The van der Waals surface area contributed by atoms with Gasteiger partial charge in [0.15, 0.2) is 0 Å². The minimum Gasteiger partial charge on any atom is -0.481 e. The van der Waals surface area contributed by atoms with Gasteiger partial charge in [0.1, 0.15) is 5.00 Å². The summed E-state index contributed by atoms with van der Waals surface area (Å²) in [4.78, 5) is 38.8. The van der Waals surface area contributed by atoms with Crippen molar-refractivity contribution in [3.8, 4) is 0 Å². The second-order valence-electron chi connectivity index (χ2n) is 8.84. The largest absolute Gasteiger partial charge is 0.481 e. The molecule has 7 heteroatoms. The number of ether oxygens (including phenoxy) is 1. The van der Waals surface area contributed by atoms with Crippen LogP contribution in [0.3, 0.4) is 0 Å². The minimum atomic E-state index is -0.930. The molecule has 0 aliphatic heterocycles. The molecule has 5 atom stereocenters. The van der Waals surface area contributed by atoms with E-state index in [0.717, 1.165) is 29.7 Å². The molecule has 1 heterocycles. The van der Waals surface area contributed by atoms with E-state index in [2.05, 4.69) is 12.2 Å². The highest BCUT2D eigenvalue weighted by Crippen LogP contribution is 2.49. The fourth-order valence-electron chi connectivity index (χ4n) is 5.04. The molecule has 156 valence electrons. The lowest BCUT2D eigenvalue weighted by Gasteiger charge is -2.23. The van der Waals surface area contributed by atoms with E-state index in [1.807, 2.05) is 12.2 Å². The Morgan fingerprint density at radius 2 is 1.90 bits per heavy atom. The summed E-state index contributed by atoms with van der Waals surface area (Å²) in [7, 11) is 0. The number of fused-ring (bicyclic) bond motifs is 3. The predicted molar refractivity (Wildman–Crippen MR) is 110 cm³/mol. The van der Waals surface area contributed by atoms with Gasteiger partial charge in [-0.2, -0.15) is 0 Å². The summed E-state index contributed by atoms with van der Waals surface area (Å²) in [6.45, 7) is 5.79. The Balaban J connectivity index is 1.64. The van der Waals surface area contributed by atoms with E-state index in [1.165, 1.54) is 11.3 Å². The highest BCUT2D eigenvalue weighted by Gasteiger charge is 2.51. The number of anilines is 1. The first-order chi connectivity index (χ1) is 13.8. The molecule has 1 aromatic heterocycles. The summed E-state index contributed by atoms with van der Waals surface area (Å²) in [5.74, 6) is -2.56. The molecule has 1 aromatic rings. The Bertz CT molecular complexity index is 886. The van der Waals surface area contributed by atoms with Gasteiger partial charge in [0, 0.05) is 4.88 Å². The smallest absolute Gasteiger partial charge is 0.341 e. The van der Waals surface area contributed by atoms with Gasteiger partial charge in [0.25, 0.3) is 0 Å². The van der Waals surface area contributed by atoms with Crippen molar-refractivity contribution in [2.75, 3.05) is 5.32 Å². The van der Waals surface area contributed by atoms with E-state index in [0.29, 0.717) is 22.9 Å². The molecular weight excluding hydrogens is 390 g/mol. The highest BCUT2D eigenvalue weighted by molar-refractivity contribution is 7.17. The molecule has 0 spiro atoms. The number of amides is 1. The fourth-order valence-corrected chi connectivity index (χ4v) is 6.44. The van der Waals surface area contributed by atoms with E-state index >= 15 is 0 Å². The second-order valence-corrected chi connectivity index (χ2v) is 9.94. The molecule has 1 fully saturated rings. The third kappa shape index (κ3) is 3.61. The number of thiophene rings is 1. The fraction of sp³-hybridized carbons (Fsp3) is 0.591. The Morgan fingerprint density at radius 1 is 1.21 bits per heavy atom. The zero-order valence-electron chi connectivity index (χ0n) is 16.9. The maximum atomic E-state index is 13.1. The lowest BCUT2D eigenvalue weighted by atomic mass is 9.82. The zero-order valence-corrected chi connectivity index (χ0v) is 17.8. The Kier molecular flexibility index (Phi) is 5.27. The molecule has 29 heavy (non-hydrogen) atoms. The van der Waals surface area contributed by atoms with Gasteiger partial charge in [-0.15, -0.1) is 11.3 Å². The molecule has 0 aromatic carbocycles. The summed E-state index contributed by atoms with van der Waals surface area (Å²) in [5.41, 5.74) is 1.45. The van der Waals surface area contributed by atoms with Crippen LogP contribution in [0.2, 0.25) is 0 Å². The van der Waals surface area contributed by atoms with E-state index < -0.39 is 23.8 Å². The average molecular weight is 418 g/mol. The number of carbonyl (C=O) groups is 3. The van der Waals surface area contributed by atoms with Crippen molar-refractivity contribution in [1.29, 1.82) is 0 Å². The lowest BCUT2D eigenvalue weighted by Crippen LogP contribution is -2.36. The van der Waals surface area contributed by atoms with Crippen molar-refractivity contribution in [3.63, 3.8) is 0 Å². The standard InChI is InChI=1S/C22H27NO5S/c1-10(2)28-22(27)18-14-7-4-11(3)8-15(14)29-20(18)23-19(24)16-12-5-6-13(9-12)17(16)21(25)26/h5-6,10-13,16-17H,4,7-9H2,1-3H3,(H,23,24)(H,25,26)/t11-,12-,13-,16-,17-/m0/s1. The first-order valence-corrected chi connectivity index (χ1v) is 11.2. The number of carboxylic acids is 1. The maximum absolute atomic E-state index is 13.1. The van der Waals surface area contributed by atoms with Gasteiger partial charge in [-0.25, -0.2) is 4.79 Å². The second kappa shape index (κ2) is 7.59. The summed E-state index contributed by atoms with van der Waals surface area (Å²) in [6, 6.07) is 0. The monoisotopic (exact) mass is 417 g/mol. The number of rotatable bonds is 5. The zero-order chi connectivity index (χ0) is 20.9. The van der Waals surface area contributed by atoms with Crippen LogP contribution in [0.15, 0.2) is 12.2 Å². The van der Waals surface area contributed by atoms with Gasteiger partial charge in [-0.3, -0.25) is 9.59 Å². The number of hydrogen-bond acceptors (Lipinski definition) is 5. The van der Waals surface area contributed by atoms with Gasteiger partial charge in [0.05, 0.1) is 23.5 Å². The molecule has 6 nitrogen and oxygen atoms in total. The quantitative estimate of drug-likeness (QED) is 0.560. The number of carboxylic acid groups (broad SMARTS) is 1. The van der Waals surface area contributed by atoms with Gasteiger partial charge >= 0.3 is 11.9 Å². The highest BCUT2D eigenvalue weighted by atomic mass is 32.1. The van der Waals surface area contributed by atoms with E-state index in [1.54, 1.807) is 13.8 Å². The van der Waals surface area contributed by atoms with Crippen LogP contribution in [0.1, 0.15) is 54.4 Å². The maximum Gasteiger partial charge on any atom is 0.341 e. The van der Waals surface area contributed by atoms with Gasteiger partial charge in [-0.05, 0) is 62.8 Å². The first kappa shape index (κ1) is 20.1. The van der Waals surface area contributed by atoms with Crippen molar-refractivity contribution >= 4 is 34.2 Å². The minimum absolute atomic E-state index is 0.0539. The number of allylic oxidation sites excluding steroid dienone is 2. The van der Waals surface area contributed by atoms with Crippen molar-refractivity contribution in [2.24, 2.45) is 29.6 Å². The van der Waals surface area contributed by atoms with Gasteiger partial charge in [-0.1, -0.05) is 19.1 Å². The number of hydrogen-bond donors (Lipinski definition) is 2. The molecule has 0 unspecified atom stereocenters. The molecule has 4 rings (SSSR count). The Morgan fingerprint density at radius 3 is 2.55 bits per heavy atom. The van der Waals surface area contributed by atoms with Crippen LogP contribution in [0.25, 0.3) is 0 Å². The number of esters is 1. The van der Waals surface area contributed by atoms with Crippen LogP contribution in [0.4, 0.5) is 5.00 Å². The molecule has 3 aliphatic rings. The van der Waals surface area contributed by atoms with Crippen molar-refractivity contribution < 1.29 is 24.2 Å².